The second kappa shape index (κ2) is 11.2. The van der Waals surface area contributed by atoms with E-state index in [4.69, 9.17) is 21.1 Å². The number of amides is 1. The second-order valence-electron chi connectivity index (χ2n) is 7.83. The molecule has 4 aromatic rings. The van der Waals surface area contributed by atoms with Crippen LogP contribution in [0.5, 0.6) is 11.5 Å². The van der Waals surface area contributed by atoms with E-state index in [-0.39, 0.29) is 21.5 Å². The van der Waals surface area contributed by atoms with Gasteiger partial charge in [0.1, 0.15) is 11.6 Å². The number of aryl methyl sites for hydroxylation is 1. The molecule has 9 nitrogen and oxygen atoms in total. The molecule has 0 radical (unpaired) electrons. The summed E-state index contributed by atoms with van der Waals surface area (Å²) < 4.78 is 38.8. The van der Waals surface area contributed by atoms with Crippen molar-refractivity contribution in [2.45, 2.75) is 11.8 Å². The lowest BCUT2D eigenvalue weighted by atomic mass is 10.2. The Kier molecular flexibility index (Phi) is 7.96. The van der Waals surface area contributed by atoms with Crippen molar-refractivity contribution in [3.63, 3.8) is 0 Å². The molecule has 0 atom stereocenters. The molecule has 37 heavy (non-hydrogen) atoms. The van der Waals surface area contributed by atoms with Crippen molar-refractivity contribution in [1.29, 1.82) is 0 Å². The van der Waals surface area contributed by atoms with Crippen LogP contribution in [-0.4, -0.2) is 45.3 Å². The summed E-state index contributed by atoms with van der Waals surface area (Å²) >= 11 is 7.19. The minimum atomic E-state index is -4.19. The lowest BCUT2D eigenvalue weighted by Crippen LogP contribution is -2.38. The molecule has 3 aromatic carbocycles. The summed E-state index contributed by atoms with van der Waals surface area (Å²) in [5.74, 6) is 0.0186. The number of sulfonamides is 1. The molecule has 0 fully saturated rings. The van der Waals surface area contributed by atoms with Crippen LogP contribution in [0.4, 0.5) is 10.8 Å². The third-order valence-corrected chi connectivity index (χ3v) is 8.22. The molecule has 1 aromatic heterocycles. The maximum atomic E-state index is 13.7. The van der Waals surface area contributed by atoms with Gasteiger partial charge >= 0.3 is 0 Å². The Bertz CT molecular complexity index is 1510. The van der Waals surface area contributed by atoms with E-state index in [9.17, 15) is 13.2 Å². The summed E-state index contributed by atoms with van der Waals surface area (Å²) in [6, 6.07) is 18.1. The minimum Gasteiger partial charge on any atom is -0.493 e. The van der Waals surface area contributed by atoms with E-state index in [0.717, 1.165) is 15.4 Å². The van der Waals surface area contributed by atoms with Gasteiger partial charge in [-0.2, -0.15) is 0 Å². The third kappa shape index (κ3) is 6.01. The first-order valence-corrected chi connectivity index (χ1v) is 13.6. The predicted molar refractivity (Wildman–Crippen MR) is 144 cm³/mol. The average molecular weight is 559 g/mol. The van der Waals surface area contributed by atoms with E-state index in [1.165, 1.54) is 55.9 Å². The number of hydrogen-bond acceptors (Lipinski definition) is 8. The Hall–Kier alpha value is -3.67. The van der Waals surface area contributed by atoms with Crippen LogP contribution in [-0.2, 0) is 14.8 Å². The highest BCUT2D eigenvalue weighted by molar-refractivity contribution is 7.92. The monoisotopic (exact) mass is 558 g/mol. The van der Waals surface area contributed by atoms with Gasteiger partial charge in [0.15, 0.2) is 11.5 Å². The van der Waals surface area contributed by atoms with Crippen LogP contribution < -0.4 is 19.1 Å². The van der Waals surface area contributed by atoms with Crippen LogP contribution in [0, 0.1) is 6.92 Å². The summed E-state index contributed by atoms with van der Waals surface area (Å²) in [6.07, 6.45) is 0. The van der Waals surface area contributed by atoms with Gasteiger partial charge in [-0.05, 0) is 43.3 Å². The summed E-state index contributed by atoms with van der Waals surface area (Å²) in [4.78, 5) is 12.9. The van der Waals surface area contributed by atoms with Crippen molar-refractivity contribution in [3.05, 3.63) is 77.3 Å². The molecular formula is C25H23ClN4O5S2. The predicted octanol–water partition coefficient (Wildman–Crippen LogP) is 5.02. The number of benzene rings is 3. The summed E-state index contributed by atoms with van der Waals surface area (Å²) in [5, 5.41) is 12.1. The normalized spacial score (nSPS) is 11.1. The molecule has 4 rings (SSSR count). The number of methoxy groups -OCH3 is 2. The number of aromatic nitrogens is 2. The third-order valence-electron chi connectivity index (χ3n) is 5.31. The van der Waals surface area contributed by atoms with Crippen LogP contribution in [0.1, 0.15) is 5.56 Å². The highest BCUT2D eigenvalue weighted by atomic mass is 35.5. The molecule has 0 saturated heterocycles. The summed E-state index contributed by atoms with van der Waals surface area (Å²) in [5.41, 5.74) is 2.23. The topological polar surface area (TPSA) is 111 Å². The van der Waals surface area contributed by atoms with Crippen molar-refractivity contribution in [1.82, 2.24) is 10.2 Å². The Morgan fingerprint density at radius 1 is 0.973 bits per heavy atom. The van der Waals surface area contributed by atoms with Crippen LogP contribution in [0.2, 0.25) is 5.02 Å². The lowest BCUT2D eigenvalue weighted by Gasteiger charge is -2.24. The van der Waals surface area contributed by atoms with E-state index in [0.29, 0.717) is 15.8 Å². The number of carbonyl (C=O) groups is 1. The van der Waals surface area contributed by atoms with Gasteiger partial charge in [-0.15, -0.1) is 10.2 Å². The smallest absolute Gasteiger partial charge is 0.264 e. The second-order valence-corrected chi connectivity index (χ2v) is 11.1. The Balaban J connectivity index is 1.61. The van der Waals surface area contributed by atoms with Crippen molar-refractivity contribution < 1.29 is 22.7 Å². The van der Waals surface area contributed by atoms with Gasteiger partial charge in [0.2, 0.25) is 11.0 Å². The fraction of sp³-hybridized carbons (Fsp3) is 0.160. The van der Waals surface area contributed by atoms with Gasteiger partial charge in [-0.1, -0.05) is 52.8 Å². The van der Waals surface area contributed by atoms with Crippen molar-refractivity contribution in [2.24, 2.45) is 0 Å². The largest absolute Gasteiger partial charge is 0.493 e. The van der Waals surface area contributed by atoms with E-state index >= 15 is 0 Å². The highest BCUT2D eigenvalue weighted by Crippen LogP contribution is 2.33. The number of ether oxygens (including phenoxy) is 2. The fourth-order valence-electron chi connectivity index (χ4n) is 3.40. The van der Waals surface area contributed by atoms with E-state index in [1.54, 1.807) is 12.1 Å². The van der Waals surface area contributed by atoms with Crippen LogP contribution >= 0.6 is 22.9 Å². The number of rotatable bonds is 9. The molecule has 0 aliphatic carbocycles. The maximum absolute atomic E-state index is 13.7. The van der Waals surface area contributed by atoms with Crippen LogP contribution in [0.3, 0.4) is 0 Å². The van der Waals surface area contributed by atoms with Gasteiger partial charge < -0.3 is 9.47 Å². The fourth-order valence-corrected chi connectivity index (χ4v) is 5.73. The molecule has 1 N–H and O–H groups in total. The van der Waals surface area contributed by atoms with Gasteiger partial charge in [0.25, 0.3) is 10.0 Å². The number of nitrogens with one attached hydrogen (secondary N) is 1. The van der Waals surface area contributed by atoms with Crippen molar-refractivity contribution in [2.75, 3.05) is 30.4 Å². The van der Waals surface area contributed by atoms with Gasteiger partial charge in [-0.25, -0.2) is 8.42 Å². The summed E-state index contributed by atoms with van der Waals surface area (Å²) in [6.45, 7) is 1.47. The molecule has 12 heteroatoms. The molecule has 1 amide bonds. The molecular weight excluding hydrogens is 536 g/mol. The first kappa shape index (κ1) is 26.4. The zero-order valence-corrected chi connectivity index (χ0v) is 22.5. The number of carbonyl (C=O) groups excluding carboxylic acids is 1. The number of anilines is 2. The first-order chi connectivity index (χ1) is 17.7. The quantitative estimate of drug-likeness (QED) is 0.307. The zero-order valence-electron chi connectivity index (χ0n) is 20.1. The summed E-state index contributed by atoms with van der Waals surface area (Å²) in [7, 11) is -1.33. The lowest BCUT2D eigenvalue weighted by molar-refractivity contribution is -0.114. The minimum absolute atomic E-state index is 0.0783. The number of halogens is 1. The average Bonchev–Trinajstić information content (AvgIpc) is 3.36. The highest BCUT2D eigenvalue weighted by Gasteiger charge is 2.29. The molecule has 0 saturated carbocycles. The number of nitrogens with zero attached hydrogens (tertiary/aromatic N) is 3. The van der Waals surface area contributed by atoms with E-state index < -0.39 is 22.5 Å². The molecule has 0 bridgehead atoms. The molecule has 0 spiro atoms. The first-order valence-electron chi connectivity index (χ1n) is 10.9. The van der Waals surface area contributed by atoms with Crippen molar-refractivity contribution >= 4 is 49.7 Å². The maximum Gasteiger partial charge on any atom is 0.264 e. The van der Waals surface area contributed by atoms with Crippen molar-refractivity contribution in [3.8, 4) is 22.1 Å². The Morgan fingerprint density at radius 2 is 1.65 bits per heavy atom. The molecule has 0 aliphatic rings. The van der Waals surface area contributed by atoms with Gasteiger partial charge in [0, 0.05) is 16.7 Å². The van der Waals surface area contributed by atoms with Gasteiger partial charge in [-0.3, -0.25) is 14.4 Å². The standard InChI is InChI=1S/C25H23ClN4O5S2/c1-16-4-6-17(7-5-16)24-28-29-25(36-24)27-23(31)15-30(19-10-8-18(26)9-11-19)37(32,33)20-12-13-21(34-2)22(14-20)35-3/h4-14H,15H2,1-3H3,(H,27,29,31). The van der Waals surface area contributed by atoms with Crippen LogP contribution in [0.25, 0.3) is 10.6 Å². The van der Waals surface area contributed by atoms with Crippen LogP contribution in [0.15, 0.2) is 71.6 Å². The van der Waals surface area contributed by atoms with E-state index in [1.807, 2.05) is 31.2 Å². The van der Waals surface area contributed by atoms with E-state index in [2.05, 4.69) is 15.5 Å². The zero-order chi connectivity index (χ0) is 26.6. The van der Waals surface area contributed by atoms with Gasteiger partial charge in [0.05, 0.1) is 24.8 Å². The molecule has 0 unspecified atom stereocenters. The Labute approximate surface area is 223 Å². The number of hydrogen-bond donors (Lipinski definition) is 1. The Morgan fingerprint density at radius 3 is 2.30 bits per heavy atom. The SMILES string of the molecule is COc1ccc(S(=O)(=O)N(CC(=O)Nc2nnc(-c3ccc(C)cc3)s2)c2ccc(Cl)cc2)cc1OC. The molecule has 1 heterocycles. The molecule has 0 aliphatic heterocycles. The molecule has 192 valence electrons.